The predicted molar refractivity (Wildman–Crippen MR) is 168 cm³/mol. The molecule has 0 aromatic rings. The zero-order chi connectivity index (χ0) is 28.2. The summed E-state index contributed by atoms with van der Waals surface area (Å²) in [6.07, 6.45) is 36.8. The molecule has 228 valence electrons. The van der Waals surface area contributed by atoms with E-state index in [1.807, 2.05) is 0 Å². The molecule has 1 rings (SSSR count). The summed E-state index contributed by atoms with van der Waals surface area (Å²) >= 11 is 0. The molecule has 1 aliphatic heterocycles. The first-order valence-corrected chi connectivity index (χ1v) is 17.0. The van der Waals surface area contributed by atoms with Crippen molar-refractivity contribution in [3.05, 3.63) is 24.3 Å². The third-order valence-corrected chi connectivity index (χ3v) is 8.05. The molecule has 39 heavy (non-hydrogen) atoms. The maximum absolute atomic E-state index is 12.5. The van der Waals surface area contributed by atoms with Crippen LogP contribution in [0, 0.1) is 0 Å². The highest BCUT2D eigenvalue weighted by Gasteiger charge is 2.23. The van der Waals surface area contributed by atoms with Crippen molar-refractivity contribution in [3.63, 3.8) is 0 Å². The van der Waals surface area contributed by atoms with Gasteiger partial charge in [-0.1, -0.05) is 115 Å². The van der Waals surface area contributed by atoms with E-state index in [9.17, 15) is 4.79 Å². The van der Waals surface area contributed by atoms with Gasteiger partial charge < -0.3 is 14.4 Å². The first kappa shape index (κ1) is 35.7. The van der Waals surface area contributed by atoms with Gasteiger partial charge >= 0.3 is 6.16 Å². The van der Waals surface area contributed by atoms with Gasteiger partial charge in [0.15, 0.2) is 0 Å². The summed E-state index contributed by atoms with van der Waals surface area (Å²) in [6, 6.07) is 0. The molecule has 4 nitrogen and oxygen atoms in total. The minimum atomic E-state index is -0.434. The predicted octanol–water partition coefficient (Wildman–Crippen LogP) is 10.9. The van der Waals surface area contributed by atoms with Crippen LogP contribution >= 0.6 is 0 Å². The molecule has 0 aromatic heterocycles. The minimum absolute atomic E-state index is 0.0156. The van der Waals surface area contributed by atoms with Crippen LogP contribution in [0.2, 0.25) is 0 Å². The van der Waals surface area contributed by atoms with Gasteiger partial charge in [0.1, 0.15) is 12.2 Å². The second kappa shape index (κ2) is 26.9. The van der Waals surface area contributed by atoms with Crippen LogP contribution in [-0.2, 0) is 9.47 Å². The maximum atomic E-state index is 12.5. The molecular weight excluding hydrogens is 482 g/mol. The minimum Gasteiger partial charge on any atom is -0.431 e. The molecule has 0 bridgehead atoms. The zero-order valence-electron chi connectivity index (χ0n) is 26.3. The van der Waals surface area contributed by atoms with Crippen molar-refractivity contribution in [2.45, 2.75) is 174 Å². The van der Waals surface area contributed by atoms with Crippen molar-refractivity contribution in [1.29, 1.82) is 0 Å². The number of allylic oxidation sites excluding steroid dienone is 4. The van der Waals surface area contributed by atoms with Crippen molar-refractivity contribution in [1.82, 2.24) is 4.90 Å². The quantitative estimate of drug-likeness (QED) is 0.0647. The molecule has 0 saturated carbocycles. The van der Waals surface area contributed by atoms with E-state index in [-0.39, 0.29) is 12.2 Å². The highest BCUT2D eigenvalue weighted by Crippen LogP contribution is 2.19. The molecule has 0 amide bonds. The number of hydrogen-bond donors (Lipinski definition) is 0. The Kier molecular flexibility index (Phi) is 24.7. The Morgan fingerprint density at radius 2 is 1.15 bits per heavy atom. The number of hydrogen-bond acceptors (Lipinski definition) is 4. The summed E-state index contributed by atoms with van der Waals surface area (Å²) in [5.74, 6) is 0. The van der Waals surface area contributed by atoms with Gasteiger partial charge in [-0.05, 0) is 77.7 Å². The average Bonchev–Trinajstić information content (AvgIpc) is 2.93. The fourth-order valence-electron chi connectivity index (χ4n) is 5.35. The van der Waals surface area contributed by atoms with Crippen LogP contribution in [0.15, 0.2) is 24.3 Å². The molecule has 1 atom stereocenters. The number of rotatable bonds is 25. The Morgan fingerprint density at radius 3 is 1.72 bits per heavy atom. The lowest BCUT2D eigenvalue weighted by Crippen LogP contribution is -2.36. The van der Waals surface area contributed by atoms with E-state index in [1.54, 1.807) is 0 Å². The third-order valence-electron chi connectivity index (χ3n) is 8.05. The second-order valence-electron chi connectivity index (χ2n) is 11.9. The third kappa shape index (κ3) is 23.1. The van der Waals surface area contributed by atoms with Crippen LogP contribution in [0.1, 0.15) is 162 Å². The number of carbonyl (C=O) groups excluding carboxylic acids is 1. The smallest absolute Gasteiger partial charge is 0.431 e. The molecule has 0 aliphatic carbocycles. The van der Waals surface area contributed by atoms with Gasteiger partial charge in [-0.25, -0.2) is 4.79 Å². The van der Waals surface area contributed by atoms with Gasteiger partial charge in [-0.15, -0.1) is 0 Å². The normalized spacial score (nSPS) is 15.9. The Bertz CT molecular complexity index is 595. The molecule has 0 aromatic carbocycles. The van der Waals surface area contributed by atoms with E-state index in [0.717, 1.165) is 58.0 Å². The van der Waals surface area contributed by atoms with Crippen molar-refractivity contribution in [3.8, 4) is 0 Å². The van der Waals surface area contributed by atoms with Crippen LogP contribution in [0.25, 0.3) is 0 Å². The van der Waals surface area contributed by atoms with Gasteiger partial charge in [0, 0.05) is 13.1 Å². The molecule has 1 heterocycles. The van der Waals surface area contributed by atoms with E-state index >= 15 is 0 Å². The van der Waals surface area contributed by atoms with E-state index in [4.69, 9.17) is 9.47 Å². The molecule has 0 spiro atoms. The van der Waals surface area contributed by atoms with Gasteiger partial charge in [-0.2, -0.15) is 0 Å². The summed E-state index contributed by atoms with van der Waals surface area (Å²) in [5, 5.41) is 0. The SMILES string of the molecule is CCCCC/C=C\C/C=C\CCCCCCCC(CCCCCCCCCC)OC(=O)OC1CCN(C)CC1. The molecule has 0 radical (unpaired) electrons. The number of nitrogens with zero attached hydrogens (tertiary/aromatic N) is 1. The van der Waals surface area contributed by atoms with E-state index in [0.29, 0.717) is 0 Å². The van der Waals surface area contributed by atoms with Gasteiger partial charge in [0.05, 0.1) is 0 Å². The highest BCUT2D eigenvalue weighted by molar-refractivity contribution is 5.60. The number of likely N-dealkylation sites (tertiary alicyclic amines) is 1. The van der Waals surface area contributed by atoms with E-state index in [1.165, 1.54) is 103 Å². The summed E-state index contributed by atoms with van der Waals surface area (Å²) in [6.45, 7) is 6.51. The topological polar surface area (TPSA) is 38.8 Å². The number of carbonyl (C=O) groups is 1. The molecule has 0 N–H and O–H groups in total. The summed E-state index contributed by atoms with van der Waals surface area (Å²) in [7, 11) is 2.12. The Balaban J connectivity index is 2.19. The van der Waals surface area contributed by atoms with Crippen LogP contribution in [0.5, 0.6) is 0 Å². The van der Waals surface area contributed by atoms with Crippen molar-refractivity contribution in [2.24, 2.45) is 0 Å². The van der Waals surface area contributed by atoms with Gasteiger partial charge in [0.25, 0.3) is 0 Å². The summed E-state index contributed by atoms with van der Waals surface area (Å²) in [4.78, 5) is 14.8. The number of piperidine rings is 1. The number of ether oxygens (including phenoxy) is 2. The fourth-order valence-corrected chi connectivity index (χ4v) is 5.35. The Morgan fingerprint density at radius 1 is 0.692 bits per heavy atom. The first-order chi connectivity index (χ1) is 19.2. The summed E-state index contributed by atoms with van der Waals surface area (Å²) < 4.78 is 11.6. The molecule has 1 fully saturated rings. The monoisotopic (exact) mass is 547 g/mol. The largest absolute Gasteiger partial charge is 0.508 e. The van der Waals surface area contributed by atoms with Crippen molar-refractivity contribution >= 4 is 6.16 Å². The average molecular weight is 548 g/mol. The molecule has 1 aliphatic rings. The van der Waals surface area contributed by atoms with Crippen LogP contribution in [-0.4, -0.2) is 43.4 Å². The molecule has 1 unspecified atom stereocenters. The highest BCUT2D eigenvalue weighted by atomic mass is 16.7. The van der Waals surface area contributed by atoms with Gasteiger partial charge in [0.2, 0.25) is 0 Å². The van der Waals surface area contributed by atoms with E-state index < -0.39 is 6.16 Å². The lowest BCUT2D eigenvalue weighted by atomic mass is 10.0. The van der Waals surface area contributed by atoms with Gasteiger partial charge in [-0.3, -0.25) is 0 Å². The standard InChI is InChI=1S/C35H65NO3/c1-4-6-8-10-12-14-15-16-17-18-19-20-22-24-26-28-33(27-25-23-21-13-11-9-7-5-2)38-35(37)39-34-29-31-36(3)32-30-34/h12,14,16-17,33-34H,4-11,13,15,18-32H2,1-3H3/b14-12-,17-16-. The second-order valence-corrected chi connectivity index (χ2v) is 11.9. The zero-order valence-corrected chi connectivity index (χ0v) is 26.3. The van der Waals surface area contributed by atoms with Crippen LogP contribution < -0.4 is 0 Å². The van der Waals surface area contributed by atoms with Crippen LogP contribution in [0.4, 0.5) is 4.79 Å². The van der Waals surface area contributed by atoms with Crippen molar-refractivity contribution < 1.29 is 14.3 Å². The van der Waals surface area contributed by atoms with E-state index in [2.05, 4.69) is 50.1 Å². The Hall–Kier alpha value is -1.29. The van der Waals surface area contributed by atoms with Crippen LogP contribution in [0.3, 0.4) is 0 Å². The lowest BCUT2D eigenvalue weighted by Gasteiger charge is -2.29. The maximum Gasteiger partial charge on any atom is 0.508 e. The summed E-state index contributed by atoms with van der Waals surface area (Å²) in [5.41, 5.74) is 0. The molecule has 4 heteroatoms. The number of unbranched alkanes of at least 4 members (excludes halogenated alkanes) is 15. The fraction of sp³-hybridized carbons (Fsp3) is 0.857. The molecular formula is C35H65NO3. The molecule has 1 saturated heterocycles. The first-order valence-electron chi connectivity index (χ1n) is 17.0. The lowest BCUT2D eigenvalue weighted by molar-refractivity contribution is -0.0212. The van der Waals surface area contributed by atoms with Crippen molar-refractivity contribution in [2.75, 3.05) is 20.1 Å². The Labute approximate surface area is 243 Å².